The first-order valence-electron chi connectivity index (χ1n) is 9.57. The molecule has 2 aliphatic carbocycles. The van der Waals surface area contributed by atoms with E-state index in [-0.39, 0.29) is 6.09 Å². The third-order valence-corrected chi connectivity index (χ3v) is 7.01. The normalized spacial score (nSPS) is 34.5. The predicted octanol–water partition coefficient (Wildman–Crippen LogP) is 4.12. The average Bonchev–Trinajstić information content (AvgIpc) is 2.97. The number of hydrogen-bond donors (Lipinski definition) is 1. The Kier molecular flexibility index (Phi) is 3.37. The van der Waals surface area contributed by atoms with Gasteiger partial charge in [-0.3, -0.25) is 10.2 Å². The molecule has 2 saturated carbocycles. The summed E-state index contributed by atoms with van der Waals surface area (Å²) in [5.74, 6) is 1.93. The zero-order valence-electron chi connectivity index (χ0n) is 14.2. The minimum Gasteiger partial charge on any atom is -0.438 e. The molecule has 4 nitrogen and oxygen atoms in total. The molecule has 0 radical (unpaired) electrons. The summed E-state index contributed by atoms with van der Waals surface area (Å²) in [6.45, 7) is 2.10. The SMILES string of the molecule is O=C1Nc2ccccc2C2(CCN(C3CCC4CCC3C4)CC2)O1. The van der Waals surface area contributed by atoms with Gasteiger partial charge < -0.3 is 4.74 Å². The molecule has 2 bridgehead atoms. The number of likely N-dealkylation sites (tertiary alicyclic amines) is 1. The highest BCUT2D eigenvalue weighted by molar-refractivity contribution is 5.88. The molecular weight excluding hydrogens is 300 g/mol. The lowest BCUT2D eigenvalue weighted by atomic mass is 9.79. The van der Waals surface area contributed by atoms with Crippen molar-refractivity contribution < 1.29 is 9.53 Å². The van der Waals surface area contributed by atoms with Gasteiger partial charge in [-0.2, -0.15) is 0 Å². The molecule has 1 N–H and O–H groups in total. The first-order chi connectivity index (χ1) is 11.7. The molecule has 2 heterocycles. The Morgan fingerprint density at radius 1 is 1.08 bits per heavy atom. The second kappa shape index (κ2) is 5.48. The number of nitrogens with zero attached hydrogens (tertiary/aromatic N) is 1. The second-order valence-corrected chi connectivity index (χ2v) is 8.17. The molecule has 24 heavy (non-hydrogen) atoms. The van der Waals surface area contributed by atoms with Crippen molar-refractivity contribution in [3.8, 4) is 0 Å². The van der Waals surface area contributed by atoms with Gasteiger partial charge in [-0.25, -0.2) is 4.79 Å². The minimum absolute atomic E-state index is 0.293. The van der Waals surface area contributed by atoms with Crippen LogP contribution in [0.25, 0.3) is 0 Å². The molecule has 5 rings (SSSR count). The number of ether oxygens (including phenoxy) is 1. The summed E-state index contributed by atoms with van der Waals surface area (Å²) in [6.07, 6.45) is 8.68. The molecule has 3 fully saturated rings. The number of piperidine rings is 1. The molecular formula is C20H26N2O2. The topological polar surface area (TPSA) is 41.6 Å². The van der Waals surface area contributed by atoms with E-state index in [2.05, 4.69) is 16.3 Å². The van der Waals surface area contributed by atoms with Crippen LogP contribution in [-0.2, 0) is 10.3 Å². The summed E-state index contributed by atoms with van der Waals surface area (Å²) in [7, 11) is 0. The van der Waals surface area contributed by atoms with E-state index in [0.717, 1.165) is 55.1 Å². The fourth-order valence-corrected chi connectivity index (χ4v) is 5.79. The Hall–Kier alpha value is -1.55. The van der Waals surface area contributed by atoms with Crippen LogP contribution in [0, 0.1) is 11.8 Å². The number of benzene rings is 1. The Morgan fingerprint density at radius 3 is 2.75 bits per heavy atom. The lowest BCUT2D eigenvalue weighted by Gasteiger charge is -2.48. The van der Waals surface area contributed by atoms with Crippen molar-refractivity contribution in [2.24, 2.45) is 11.8 Å². The quantitative estimate of drug-likeness (QED) is 0.844. The smallest absolute Gasteiger partial charge is 0.412 e. The second-order valence-electron chi connectivity index (χ2n) is 8.17. The Morgan fingerprint density at radius 2 is 1.88 bits per heavy atom. The fraction of sp³-hybridized carbons (Fsp3) is 0.650. The lowest BCUT2D eigenvalue weighted by molar-refractivity contribution is -0.0538. The van der Waals surface area contributed by atoms with Gasteiger partial charge in [0.2, 0.25) is 0 Å². The number of anilines is 1. The standard InChI is InChI=1S/C20H26N2O2/c23-19-21-17-4-2-1-3-16(17)20(24-19)9-11-22(12-10-20)18-8-6-14-5-7-15(18)13-14/h1-4,14-15,18H,5-13H2,(H,21,23). The van der Waals surface area contributed by atoms with E-state index in [4.69, 9.17) is 4.74 Å². The van der Waals surface area contributed by atoms with Crippen LogP contribution in [0.15, 0.2) is 24.3 Å². The number of para-hydroxylation sites is 1. The summed E-state index contributed by atoms with van der Waals surface area (Å²) >= 11 is 0. The van der Waals surface area contributed by atoms with E-state index in [0.29, 0.717) is 0 Å². The van der Waals surface area contributed by atoms with Gasteiger partial charge in [-0.15, -0.1) is 0 Å². The molecule has 0 aromatic heterocycles. The van der Waals surface area contributed by atoms with E-state index in [1.54, 1.807) is 0 Å². The largest absolute Gasteiger partial charge is 0.438 e. The maximum absolute atomic E-state index is 12.0. The van der Waals surface area contributed by atoms with Crippen LogP contribution in [0.5, 0.6) is 0 Å². The maximum atomic E-state index is 12.0. The fourth-order valence-electron chi connectivity index (χ4n) is 5.79. The van der Waals surface area contributed by atoms with Crippen molar-refractivity contribution >= 4 is 11.8 Å². The van der Waals surface area contributed by atoms with Crippen LogP contribution in [0.4, 0.5) is 10.5 Å². The summed E-state index contributed by atoms with van der Waals surface area (Å²) in [5.41, 5.74) is 1.68. The van der Waals surface area contributed by atoms with Crippen LogP contribution in [-0.4, -0.2) is 30.1 Å². The highest BCUT2D eigenvalue weighted by Gasteiger charge is 2.47. The zero-order valence-corrected chi connectivity index (χ0v) is 14.2. The molecule has 1 aromatic rings. The van der Waals surface area contributed by atoms with Crippen LogP contribution < -0.4 is 5.32 Å². The molecule has 1 saturated heterocycles. The molecule has 4 aliphatic rings. The number of amides is 1. The molecule has 1 aromatic carbocycles. The molecule has 128 valence electrons. The number of nitrogens with one attached hydrogen (secondary N) is 1. The van der Waals surface area contributed by atoms with E-state index in [1.807, 2.05) is 18.2 Å². The summed E-state index contributed by atoms with van der Waals surface area (Å²) in [5, 5.41) is 2.85. The Bertz CT molecular complexity index is 651. The van der Waals surface area contributed by atoms with Gasteiger partial charge in [0, 0.05) is 37.5 Å². The van der Waals surface area contributed by atoms with Crippen molar-refractivity contribution in [1.82, 2.24) is 4.90 Å². The molecule has 1 amide bonds. The Balaban J connectivity index is 1.36. The number of carbonyl (C=O) groups is 1. The third-order valence-electron chi connectivity index (χ3n) is 7.01. The van der Waals surface area contributed by atoms with Crippen molar-refractivity contribution in [3.05, 3.63) is 29.8 Å². The van der Waals surface area contributed by atoms with Gasteiger partial charge in [0.25, 0.3) is 0 Å². The summed E-state index contributed by atoms with van der Waals surface area (Å²) in [6, 6.07) is 8.91. The van der Waals surface area contributed by atoms with E-state index in [1.165, 1.54) is 32.1 Å². The van der Waals surface area contributed by atoms with Gasteiger partial charge in [0.05, 0.1) is 5.69 Å². The van der Waals surface area contributed by atoms with Crippen molar-refractivity contribution in [2.75, 3.05) is 18.4 Å². The molecule has 3 unspecified atom stereocenters. The van der Waals surface area contributed by atoms with Gasteiger partial charge in [0.15, 0.2) is 0 Å². The van der Waals surface area contributed by atoms with Crippen molar-refractivity contribution in [1.29, 1.82) is 0 Å². The van der Waals surface area contributed by atoms with E-state index >= 15 is 0 Å². The summed E-state index contributed by atoms with van der Waals surface area (Å²) in [4.78, 5) is 14.7. The molecule has 3 atom stereocenters. The first kappa shape index (κ1) is 14.8. The predicted molar refractivity (Wildman–Crippen MR) is 92.9 cm³/mol. The highest BCUT2D eigenvalue weighted by atomic mass is 16.6. The Labute approximate surface area is 143 Å². The third kappa shape index (κ3) is 2.26. The van der Waals surface area contributed by atoms with Crippen LogP contribution in [0.3, 0.4) is 0 Å². The van der Waals surface area contributed by atoms with E-state index in [9.17, 15) is 4.79 Å². The molecule has 4 heteroatoms. The number of hydrogen-bond acceptors (Lipinski definition) is 3. The first-order valence-corrected chi connectivity index (χ1v) is 9.57. The zero-order chi connectivity index (χ0) is 16.1. The van der Waals surface area contributed by atoms with E-state index < -0.39 is 5.60 Å². The lowest BCUT2D eigenvalue weighted by Crippen LogP contribution is -2.52. The van der Waals surface area contributed by atoms with Crippen molar-refractivity contribution in [2.45, 2.75) is 56.6 Å². The van der Waals surface area contributed by atoms with Crippen molar-refractivity contribution in [3.63, 3.8) is 0 Å². The van der Waals surface area contributed by atoms with Crippen LogP contribution in [0.1, 0.15) is 50.5 Å². The van der Waals surface area contributed by atoms with Crippen LogP contribution >= 0.6 is 0 Å². The summed E-state index contributed by atoms with van der Waals surface area (Å²) < 4.78 is 5.86. The number of fused-ring (bicyclic) bond motifs is 4. The maximum Gasteiger partial charge on any atom is 0.412 e. The number of carbonyl (C=O) groups excluding carboxylic acids is 1. The van der Waals surface area contributed by atoms with Crippen LogP contribution in [0.2, 0.25) is 0 Å². The van der Waals surface area contributed by atoms with Gasteiger partial charge >= 0.3 is 6.09 Å². The molecule has 2 aliphatic heterocycles. The van der Waals surface area contributed by atoms with Gasteiger partial charge in [-0.1, -0.05) is 24.6 Å². The molecule has 1 spiro atoms. The van der Waals surface area contributed by atoms with Gasteiger partial charge in [0.1, 0.15) is 5.60 Å². The highest BCUT2D eigenvalue weighted by Crippen LogP contribution is 2.47. The minimum atomic E-state index is -0.414. The average molecular weight is 326 g/mol. The van der Waals surface area contributed by atoms with Gasteiger partial charge in [-0.05, 0) is 43.6 Å². The number of rotatable bonds is 1. The monoisotopic (exact) mass is 326 g/mol.